The average molecular weight is 627 g/mol. The number of ether oxygens (including phenoxy) is 1. The number of imide groups is 1. The highest BCUT2D eigenvalue weighted by atomic mass is 16.5. The lowest BCUT2D eigenvalue weighted by molar-refractivity contribution is -0.141. The number of para-hydroxylation sites is 1. The third kappa shape index (κ3) is 5.91. The fraction of sp³-hybridized carbons (Fsp3) is 0.0732. The first-order chi connectivity index (χ1) is 23.5. The van der Waals surface area contributed by atoms with Gasteiger partial charge in [0.15, 0.2) is 0 Å². The summed E-state index contributed by atoms with van der Waals surface area (Å²) < 4.78 is 7.94. The van der Waals surface area contributed by atoms with Gasteiger partial charge in [-0.3, -0.25) is 14.5 Å². The molecule has 1 aliphatic heterocycles. The van der Waals surface area contributed by atoms with Crippen LogP contribution in [-0.2, 0) is 22.7 Å². The largest absolute Gasteiger partial charge is 0.489 e. The molecule has 5 aromatic carbocycles. The second kappa shape index (κ2) is 13.1. The highest BCUT2D eigenvalue weighted by Crippen LogP contribution is 2.32. The Morgan fingerprint density at radius 2 is 1.48 bits per heavy atom. The number of aromatic nitrogens is 2. The van der Waals surface area contributed by atoms with Gasteiger partial charge in [0.1, 0.15) is 24.0 Å². The van der Waals surface area contributed by atoms with Crippen LogP contribution in [0.5, 0.6) is 5.75 Å². The molecule has 0 bridgehead atoms. The van der Waals surface area contributed by atoms with Gasteiger partial charge in [-0.25, -0.2) is 4.68 Å². The standard InChI is InChI=1S/C41H30N4O3/c1-28-37(40(46)44(41(47)38(28)24-42)25-29-11-4-2-5-12-29)23-33-26-45(34-16-6-3-7-17-34)43-39(33)31-19-21-35(22-20-31)48-27-32-15-10-14-30-13-8-9-18-36(30)32/h2-23,26H,25,27H2,1H3/b37-23+. The normalized spacial score (nSPS) is 14.1. The van der Waals surface area contributed by atoms with E-state index >= 15 is 0 Å². The maximum atomic E-state index is 13.9. The van der Waals surface area contributed by atoms with Crippen molar-refractivity contribution in [3.8, 4) is 28.8 Å². The van der Waals surface area contributed by atoms with Crippen molar-refractivity contribution in [2.24, 2.45) is 0 Å². The van der Waals surface area contributed by atoms with Gasteiger partial charge in [-0.15, -0.1) is 0 Å². The van der Waals surface area contributed by atoms with Crippen LogP contribution in [0.25, 0.3) is 33.8 Å². The van der Waals surface area contributed by atoms with Gasteiger partial charge in [0.25, 0.3) is 11.8 Å². The van der Waals surface area contributed by atoms with Crippen molar-refractivity contribution in [1.29, 1.82) is 5.26 Å². The first kappa shape index (κ1) is 30.2. The first-order valence-corrected chi connectivity index (χ1v) is 15.6. The van der Waals surface area contributed by atoms with E-state index in [2.05, 4.69) is 24.3 Å². The van der Waals surface area contributed by atoms with Crippen LogP contribution in [0.1, 0.15) is 23.6 Å². The summed E-state index contributed by atoms with van der Waals surface area (Å²) in [4.78, 5) is 28.3. The van der Waals surface area contributed by atoms with Crippen molar-refractivity contribution in [2.45, 2.75) is 20.1 Å². The summed E-state index contributed by atoms with van der Waals surface area (Å²) in [5.74, 6) is -0.347. The molecule has 7 heteroatoms. The summed E-state index contributed by atoms with van der Waals surface area (Å²) in [7, 11) is 0. The Hall–Kier alpha value is -6.52. The van der Waals surface area contributed by atoms with E-state index in [-0.39, 0.29) is 17.7 Å². The van der Waals surface area contributed by atoms with E-state index < -0.39 is 11.8 Å². The van der Waals surface area contributed by atoms with Crippen molar-refractivity contribution in [3.63, 3.8) is 0 Å². The number of benzene rings is 5. The Kier molecular flexibility index (Phi) is 8.21. The highest BCUT2D eigenvalue weighted by Gasteiger charge is 2.35. The van der Waals surface area contributed by atoms with Crippen molar-refractivity contribution >= 4 is 28.7 Å². The number of hydrogen-bond acceptors (Lipinski definition) is 5. The molecule has 0 N–H and O–H groups in total. The molecule has 2 amide bonds. The van der Waals surface area contributed by atoms with E-state index in [1.54, 1.807) is 17.7 Å². The number of amides is 2. The molecule has 7 rings (SSSR count). The van der Waals surface area contributed by atoms with E-state index in [1.807, 2.05) is 115 Å². The Balaban J connectivity index is 1.24. The number of hydrogen-bond donors (Lipinski definition) is 0. The SMILES string of the molecule is CC1=C(C#N)C(=O)N(Cc2ccccc2)C(=O)/C1=C/c1cn(-c2ccccc2)nc1-c1ccc(OCc2cccc3ccccc23)cc1. The summed E-state index contributed by atoms with van der Waals surface area (Å²) in [6.07, 6.45) is 3.58. The van der Waals surface area contributed by atoms with Crippen molar-refractivity contribution in [3.05, 3.63) is 167 Å². The van der Waals surface area contributed by atoms with Crippen molar-refractivity contribution < 1.29 is 14.3 Å². The molecule has 0 unspecified atom stereocenters. The zero-order valence-electron chi connectivity index (χ0n) is 26.2. The van der Waals surface area contributed by atoms with Gasteiger partial charge < -0.3 is 4.74 Å². The zero-order chi connectivity index (χ0) is 33.0. The van der Waals surface area contributed by atoms with E-state index in [9.17, 15) is 14.9 Å². The zero-order valence-corrected chi connectivity index (χ0v) is 26.2. The Morgan fingerprint density at radius 3 is 2.23 bits per heavy atom. The number of nitriles is 1. The van der Waals surface area contributed by atoms with Crippen molar-refractivity contribution in [1.82, 2.24) is 14.7 Å². The Bertz CT molecular complexity index is 2260. The molecule has 0 aliphatic carbocycles. The Morgan fingerprint density at radius 1 is 0.792 bits per heavy atom. The minimum absolute atomic E-state index is 0.0542. The quantitative estimate of drug-likeness (QED) is 0.126. The number of fused-ring (bicyclic) bond motifs is 1. The number of carbonyl (C=O) groups is 2. The maximum Gasteiger partial charge on any atom is 0.271 e. The van der Waals surface area contributed by atoms with Gasteiger partial charge >= 0.3 is 0 Å². The van der Waals surface area contributed by atoms with Gasteiger partial charge in [-0.1, -0.05) is 91.0 Å². The minimum Gasteiger partial charge on any atom is -0.489 e. The third-order valence-electron chi connectivity index (χ3n) is 8.47. The number of carbonyl (C=O) groups excluding carboxylic acids is 2. The fourth-order valence-corrected chi connectivity index (χ4v) is 5.91. The summed E-state index contributed by atoms with van der Waals surface area (Å²) >= 11 is 0. The van der Waals surface area contributed by atoms with Gasteiger partial charge in [0, 0.05) is 22.9 Å². The molecule has 0 saturated heterocycles. The van der Waals surface area contributed by atoms with Gasteiger partial charge in [0.2, 0.25) is 0 Å². The molecule has 1 aliphatic rings. The van der Waals surface area contributed by atoms with Crippen molar-refractivity contribution in [2.75, 3.05) is 0 Å². The smallest absolute Gasteiger partial charge is 0.271 e. The van der Waals surface area contributed by atoms with Crippen LogP contribution in [-0.4, -0.2) is 26.5 Å². The van der Waals surface area contributed by atoms with Crippen LogP contribution >= 0.6 is 0 Å². The van der Waals surface area contributed by atoms with Gasteiger partial charge in [-0.2, -0.15) is 10.4 Å². The molecule has 0 radical (unpaired) electrons. The van der Waals surface area contributed by atoms with E-state index in [0.29, 0.717) is 29.2 Å². The summed E-state index contributed by atoms with van der Waals surface area (Å²) in [5.41, 5.74) is 5.41. The Labute approximate surface area is 278 Å². The molecule has 6 aromatic rings. The minimum atomic E-state index is -0.597. The predicted octanol–water partition coefficient (Wildman–Crippen LogP) is 8.06. The molecule has 0 saturated carbocycles. The van der Waals surface area contributed by atoms with Gasteiger partial charge in [-0.05, 0) is 76.9 Å². The van der Waals surface area contributed by atoms with Crippen LogP contribution in [0, 0.1) is 11.3 Å². The number of rotatable bonds is 8. The van der Waals surface area contributed by atoms with E-state index in [1.165, 1.54) is 5.39 Å². The molecule has 0 spiro atoms. The van der Waals surface area contributed by atoms with Gasteiger partial charge in [0.05, 0.1) is 17.9 Å². The van der Waals surface area contributed by atoms with Crippen LogP contribution < -0.4 is 4.74 Å². The lowest BCUT2D eigenvalue weighted by Crippen LogP contribution is -2.42. The second-order valence-electron chi connectivity index (χ2n) is 11.5. The lowest BCUT2D eigenvalue weighted by atomic mass is 9.93. The summed E-state index contributed by atoms with van der Waals surface area (Å²) in [6, 6.07) is 43.1. The molecule has 1 aromatic heterocycles. The molecular weight excluding hydrogens is 596 g/mol. The maximum absolute atomic E-state index is 13.9. The molecule has 2 heterocycles. The topological polar surface area (TPSA) is 88.2 Å². The van der Waals surface area contributed by atoms with Crippen LogP contribution in [0.3, 0.4) is 0 Å². The monoisotopic (exact) mass is 626 g/mol. The molecule has 0 fully saturated rings. The van der Waals surface area contributed by atoms with E-state index in [4.69, 9.17) is 9.84 Å². The second-order valence-corrected chi connectivity index (χ2v) is 11.5. The first-order valence-electron chi connectivity index (χ1n) is 15.6. The van der Waals surface area contributed by atoms with Crippen LogP contribution in [0.4, 0.5) is 0 Å². The van der Waals surface area contributed by atoms with E-state index in [0.717, 1.165) is 32.7 Å². The third-order valence-corrected chi connectivity index (χ3v) is 8.47. The number of nitrogens with zero attached hydrogens (tertiary/aromatic N) is 4. The molecular formula is C41H30N4O3. The van der Waals surface area contributed by atoms with Crippen LogP contribution in [0.2, 0.25) is 0 Å². The molecule has 48 heavy (non-hydrogen) atoms. The molecule has 0 atom stereocenters. The van der Waals surface area contributed by atoms with Crippen LogP contribution in [0.15, 0.2) is 150 Å². The highest BCUT2D eigenvalue weighted by molar-refractivity contribution is 6.19. The fourth-order valence-electron chi connectivity index (χ4n) is 5.91. The molecule has 232 valence electrons. The summed E-state index contributed by atoms with van der Waals surface area (Å²) in [5, 5.41) is 17.2. The molecule has 7 nitrogen and oxygen atoms in total. The average Bonchev–Trinajstić information content (AvgIpc) is 3.56. The summed E-state index contributed by atoms with van der Waals surface area (Å²) in [6.45, 7) is 2.13. The lowest BCUT2D eigenvalue weighted by Gasteiger charge is -2.27. The predicted molar refractivity (Wildman–Crippen MR) is 186 cm³/mol.